The molecule has 2 aromatic rings. The summed E-state index contributed by atoms with van der Waals surface area (Å²) < 4.78 is 0. The molecule has 2 rings (SSSR count). The molecule has 0 spiro atoms. The Hall–Kier alpha value is -2.14. The Balaban J connectivity index is 2.52. The van der Waals surface area contributed by atoms with E-state index >= 15 is 0 Å². The van der Waals surface area contributed by atoms with Crippen molar-refractivity contribution in [2.24, 2.45) is 5.73 Å². The normalized spacial score (nSPS) is 10.6. The summed E-state index contributed by atoms with van der Waals surface area (Å²) in [7, 11) is 0. The summed E-state index contributed by atoms with van der Waals surface area (Å²) >= 11 is 0. The Morgan fingerprint density at radius 2 is 2.00 bits per heavy atom. The van der Waals surface area contributed by atoms with Gasteiger partial charge in [0, 0.05) is 6.42 Å². The van der Waals surface area contributed by atoms with E-state index in [-0.39, 0.29) is 17.0 Å². The zero-order valence-electron chi connectivity index (χ0n) is 10.1. The van der Waals surface area contributed by atoms with E-state index in [1.807, 2.05) is 19.1 Å². The number of benzene rings is 1. The van der Waals surface area contributed by atoms with E-state index in [1.165, 1.54) is 0 Å². The minimum atomic E-state index is -0.352. The average Bonchev–Trinajstić information content (AvgIpc) is 2.31. The maximum Gasteiger partial charge on any atom is 0.262 e. The predicted molar refractivity (Wildman–Crippen MR) is 69.5 cm³/mol. The molecule has 0 atom stereocenters. The number of aromatic amines is 1. The number of aromatic nitrogens is 2. The number of rotatable bonds is 3. The van der Waals surface area contributed by atoms with E-state index in [4.69, 9.17) is 5.73 Å². The monoisotopic (exact) mass is 245 g/mol. The van der Waals surface area contributed by atoms with Crippen LogP contribution < -0.4 is 11.3 Å². The third-order valence-corrected chi connectivity index (χ3v) is 2.67. The van der Waals surface area contributed by atoms with Crippen molar-refractivity contribution in [3.05, 3.63) is 46.0 Å². The number of nitrogens with two attached hydrogens (primary N) is 1. The lowest BCUT2D eigenvalue weighted by atomic mass is 10.1. The van der Waals surface area contributed by atoms with Crippen molar-refractivity contribution in [3.8, 4) is 17.0 Å². The van der Waals surface area contributed by atoms with E-state index in [9.17, 15) is 9.90 Å². The van der Waals surface area contributed by atoms with Gasteiger partial charge in [-0.15, -0.1) is 0 Å². The number of nitrogens with one attached hydrogen (secondary N) is 1. The van der Waals surface area contributed by atoms with E-state index in [2.05, 4.69) is 9.97 Å². The first kappa shape index (κ1) is 12.3. The van der Waals surface area contributed by atoms with Crippen LogP contribution in [-0.4, -0.2) is 21.6 Å². The summed E-state index contributed by atoms with van der Waals surface area (Å²) in [6, 6.07) is 7.32. The Morgan fingerprint density at radius 1 is 1.33 bits per heavy atom. The molecular weight excluding hydrogens is 230 g/mol. The maximum atomic E-state index is 11.9. The minimum absolute atomic E-state index is 0.191. The fraction of sp³-hybridized carbons (Fsp3) is 0.231. The highest BCUT2D eigenvalue weighted by Crippen LogP contribution is 2.23. The van der Waals surface area contributed by atoms with E-state index in [0.29, 0.717) is 24.4 Å². The lowest BCUT2D eigenvalue weighted by Crippen LogP contribution is -2.16. The van der Waals surface area contributed by atoms with Crippen molar-refractivity contribution in [1.29, 1.82) is 0 Å². The first-order valence-corrected chi connectivity index (χ1v) is 5.71. The molecule has 0 unspecified atom stereocenters. The molecule has 0 aliphatic heterocycles. The van der Waals surface area contributed by atoms with Crippen LogP contribution in [0.3, 0.4) is 0 Å². The van der Waals surface area contributed by atoms with Gasteiger partial charge in [-0.3, -0.25) is 4.79 Å². The summed E-state index contributed by atoms with van der Waals surface area (Å²) in [6.07, 6.45) is 0.428. The van der Waals surface area contributed by atoms with E-state index < -0.39 is 0 Å². The van der Waals surface area contributed by atoms with Gasteiger partial charge >= 0.3 is 0 Å². The number of hydrogen-bond acceptors (Lipinski definition) is 4. The summed E-state index contributed by atoms with van der Waals surface area (Å²) in [6.45, 7) is 2.32. The second kappa shape index (κ2) is 5.01. The molecule has 0 fully saturated rings. The maximum absolute atomic E-state index is 11.9. The number of nitrogens with zero attached hydrogens (tertiary/aromatic N) is 1. The highest BCUT2D eigenvalue weighted by molar-refractivity contribution is 5.67. The highest BCUT2D eigenvalue weighted by Gasteiger charge is 2.12. The Labute approximate surface area is 104 Å². The van der Waals surface area contributed by atoms with Crippen LogP contribution in [0.5, 0.6) is 5.88 Å². The van der Waals surface area contributed by atoms with Gasteiger partial charge < -0.3 is 15.8 Å². The van der Waals surface area contributed by atoms with Gasteiger partial charge in [0.15, 0.2) is 0 Å². The van der Waals surface area contributed by atoms with Gasteiger partial charge in [-0.25, -0.2) is 0 Å². The van der Waals surface area contributed by atoms with Gasteiger partial charge in [-0.05, 0) is 19.0 Å². The first-order chi connectivity index (χ1) is 8.61. The Kier molecular flexibility index (Phi) is 3.43. The van der Waals surface area contributed by atoms with Crippen LogP contribution in [0.15, 0.2) is 29.1 Å². The van der Waals surface area contributed by atoms with Gasteiger partial charge in [0.25, 0.3) is 5.56 Å². The molecule has 1 aromatic carbocycles. The largest absolute Gasteiger partial charge is 0.493 e. The third-order valence-electron chi connectivity index (χ3n) is 2.67. The van der Waals surface area contributed by atoms with Crippen molar-refractivity contribution >= 4 is 0 Å². The van der Waals surface area contributed by atoms with Crippen LogP contribution >= 0.6 is 0 Å². The molecule has 5 nitrogen and oxygen atoms in total. The quantitative estimate of drug-likeness (QED) is 0.750. The second-order valence-electron chi connectivity index (χ2n) is 4.12. The van der Waals surface area contributed by atoms with Crippen molar-refractivity contribution in [2.75, 3.05) is 6.54 Å². The molecule has 0 saturated carbocycles. The molecule has 18 heavy (non-hydrogen) atoms. The highest BCUT2D eigenvalue weighted by atomic mass is 16.3. The molecule has 0 aliphatic carbocycles. The van der Waals surface area contributed by atoms with Gasteiger partial charge in [0.1, 0.15) is 11.4 Å². The number of H-pyrrole nitrogens is 1. The smallest absolute Gasteiger partial charge is 0.262 e. The molecule has 5 heteroatoms. The SMILES string of the molecule is Cc1ccc(-c2c(O)nc(CCN)[nH]c2=O)cc1. The molecule has 0 aliphatic rings. The van der Waals surface area contributed by atoms with E-state index in [1.54, 1.807) is 12.1 Å². The number of aromatic hydroxyl groups is 1. The summed E-state index contributed by atoms with van der Waals surface area (Å²) in [5.74, 6) is 0.141. The van der Waals surface area contributed by atoms with Crippen LogP contribution in [0.1, 0.15) is 11.4 Å². The number of hydrogen-bond donors (Lipinski definition) is 3. The van der Waals surface area contributed by atoms with Gasteiger partial charge in [0.05, 0.1) is 0 Å². The zero-order valence-corrected chi connectivity index (χ0v) is 10.1. The molecule has 0 bridgehead atoms. The fourth-order valence-electron chi connectivity index (χ4n) is 1.74. The summed E-state index contributed by atoms with van der Waals surface area (Å²) in [4.78, 5) is 18.5. The Bertz CT molecular complexity index is 603. The topological polar surface area (TPSA) is 92.0 Å². The van der Waals surface area contributed by atoms with Crippen molar-refractivity contribution in [3.63, 3.8) is 0 Å². The average molecular weight is 245 g/mol. The van der Waals surface area contributed by atoms with Crippen LogP contribution in [0, 0.1) is 6.92 Å². The van der Waals surface area contributed by atoms with Crippen molar-refractivity contribution in [1.82, 2.24) is 9.97 Å². The molecule has 1 aromatic heterocycles. The molecule has 1 heterocycles. The van der Waals surface area contributed by atoms with Gasteiger partial charge in [0.2, 0.25) is 5.88 Å². The van der Waals surface area contributed by atoms with Crippen LogP contribution in [0.25, 0.3) is 11.1 Å². The van der Waals surface area contributed by atoms with Gasteiger partial charge in [-0.2, -0.15) is 4.98 Å². The zero-order chi connectivity index (χ0) is 13.1. The molecule has 94 valence electrons. The third kappa shape index (κ3) is 2.41. The lowest BCUT2D eigenvalue weighted by molar-refractivity contribution is 0.450. The van der Waals surface area contributed by atoms with Crippen molar-refractivity contribution in [2.45, 2.75) is 13.3 Å². The standard InChI is InChI=1S/C13H15N3O2/c1-8-2-4-9(5-3-8)11-12(17)15-10(6-7-14)16-13(11)18/h2-5H,6-7,14H2,1H3,(H2,15,16,17,18). The molecule has 0 amide bonds. The van der Waals surface area contributed by atoms with Crippen LogP contribution in [0.4, 0.5) is 0 Å². The molecule has 4 N–H and O–H groups in total. The molecule has 0 saturated heterocycles. The summed E-state index contributed by atoms with van der Waals surface area (Å²) in [5, 5.41) is 9.85. The summed E-state index contributed by atoms with van der Waals surface area (Å²) in [5.41, 5.74) is 6.95. The lowest BCUT2D eigenvalue weighted by Gasteiger charge is -2.05. The fourth-order valence-corrected chi connectivity index (χ4v) is 1.74. The van der Waals surface area contributed by atoms with Crippen LogP contribution in [-0.2, 0) is 6.42 Å². The predicted octanol–water partition coefficient (Wildman–Crippen LogP) is 0.952. The van der Waals surface area contributed by atoms with Crippen molar-refractivity contribution < 1.29 is 5.11 Å². The minimum Gasteiger partial charge on any atom is -0.493 e. The second-order valence-corrected chi connectivity index (χ2v) is 4.12. The first-order valence-electron chi connectivity index (χ1n) is 5.71. The Morgan fingerprint density at radius 3 is 2.56 bits per heavy atom. The molecular formula is C13H15N3O2. The molecule has 0 radical (unpaired) electrons. The number of aryl methyl sites for hydroxylation is 1. The van der Waals surface area contributed by atoms with Gasteiger partial charge in [-0.1, -0.05) is 29.8 Å². The van der Waals surface area contributed by atoms with Crippen LogP contribution in [0.2, 0.25) is 0 Å². The van der Waals surface area contributed by atoms with E-state index in [0.717, 1.165) is 5.56 Å².